The summed E-state index contributed by atoms with van der Waals surface area (Å²) in [5.74, 6) is -1.08. The number of rotatable bonds is 4. The third kappa shape index (κ3) is 3.33. The van der Waals surface area contributed by atoms with Crippen LogP contribution in [0.15, 0.2) is 35.2 Å². The first-order valence-electron chi connectivity index (χ1n) is 5.79. The molecule has 7 heteroatoms. The van der Waals surface area contributed by atoms with Crippen molar-refractivity contribution in [2.24, 2.45) is 0 Å². The highest BCUT2D eigenvalue weighted by Gasteiger charge is 2.14. The van der Waals surface area contributed by atoms with Gasteiger partial charge in [-0.3, -0.25) is 0 Å². The number of carbonyl (C=O) groups excluding carboxylic acids is 1. The number of carboxylic acid groups (broad SMARTS) is 1. The van der Waals surface area contributed by atoms with Gasteiger partial charge in [0.2, 0.25) is 0 Å². The molecule has 0 aliphatic heterocycles. The Labute approximate surface area is 119 Å². The molecular weight excluding hydrogens is 278 g/mol. The number of para-hydroxylation sites is 1. The lowest BCUT2D eigenvalue weighted by molar-refractivity contribution is 0.0698. The summed E-state index contributed by atoms with van der Waals surface area (Å²) in [5.41, 5.74) is 2.82. The fraction of sp³-hybridized carbons (Fsp3) is 0.154. The molecule has 0 aliphatic carbocycles. The maximum absolute atomic E-state index is 12.0. The van der Waals surface area contributed by atoms with Crippen molar-refractivity contribution in [3.63, 3.8) is 0 Å². The lowest BCUT2D eigenvalue weighted by atomic mass is 10.2. The first-order chi connectivity index (χ1) is 9.58. The molecule has 0 saturated carbocycles. The van der Waals surface area contributed by atoms with Crippen LogP contribution in [0.25, 0.3) is 0 Å². The molecule has 0 atom stereocenters. The van der Waals surface area contributed by atoms with E-state index < -0.39 is 5.97 Å². The first kappa shape index (κ1) is 14.0. The van der Waals surface area contributed by atoms with Crippen LogP contribution in [0.2, 0.25) is 0 Å². The molecular formula is C13H13N3O3S. The molecule has 2 N–H and O–H groups in total. The maximum Gasteiger partial charge on any atom is 0.337 e. The minimum atomic E-state index is -1.08. The fourth-order valence-corrected chi connectivity index (χ4v) is 2.17. The zero-order valence-electron chi connectivity index (χ0n) is 10.7. The second kappa shape index (κ2) is 6.16. The smallest absolute Gasteiger partial charge is 0.337 e. The van der Waals surface area contributed by atoms with Crippen molar-refractivity contribution in [2.45, 2.75) is 6.54 Å². The summed E-state index contributed by atoms with van der Waals surface area (Å²) in [7, 11) is 1.62. The maximum atomic E-state index is 12.0. The summed E-state index contributed by atoms with van der Waals surface area (Å²) in [5, 5.41) is 13.5. The van der Waals surface area contributed by atoms with E-state index in [1.54, 1.807) is 30.8 Å². The zero-order valence-corrected chi connectivity index (χ0v) is 11.6. The number of benzene rings is 1. The number of aromatic carboxylic acids is 1. The van der Waals surface area contributed by atoms with E-state index in [4.69, 9.17) is 5.11 Å². The Morgan fingerprint density at radius 2 is 2.15 bits per heavy atom. The molecule has 0 saturated heterocycles. The van der Waals surface area contributed by atoms with Crippen LogP contribution in [0.4, 0.5) is 10.5 Å². The minimum Gasteiger partial charge on any atom is -0.478 e. The Bertz CT molecular complexity index is 613. The summed E-state index contributed by atoms with van der Waals surface area (Å²) >= 11 is 1.46. The SMILES string of the molecule is CN(Cc1cscn1)C(=O)Nc1ccccc1C(=O)O. The van der Waals surface area contributed by atoms with Crippen molar-refractivity contribution < 1.29 is 14.7 Å². The first-order valence-corrected chi connectivity index (χ1v) is 6.73. The van der Waals surface area contributed by atoms with E-state index in [0.29, 0.717) is 6.54 Å². The molecule has 6 nitrogen and oxygen atoms in total. The van der Waals surface area contributed by atoms with Gasteiger partial charge in [0, 0.05) is 12.4 Å². The van der Waals surface area contributed by atoms with Crippen LogP contribution < -0.4 is 5.32 Å². The zero-order chi connectivity index (χ0) is 14.5. The van der Waals surface area contributed by atoms with Crippen LogP contribution in [0.1, 0.15) is 16.1 Å². The van der Waals surface area contributed by atoms with Gasteiger partial charge >= 0.3 is 12.0 Å². The third-order valence-electron chi connectivity index (χ3n) is 2.63. The highest BCUT2D eigenvalue weighted by molar-refractivity contribution is 7.07. The van der Waals surface area contributed by atoms with Crippen molar-refractivity contribution in [3.8, 4) is 0 Å². The molecule has 0 aliphatic rings. The highest BCUT2D eigenvalue weighted by atomic mass is 32.1. The van der Waals surface area contributed by atoms with Crippen molar-refractivity contribution in [1.29, 1.82) is 0 Å². The predicted octanol–water partition coefficient (Wildman–Crippen LogP) is 2.51. The van der Waals surface area contributed by atoms with Crippen LogP contribution in [0, 0.1) is 0 Å². The number of aromatic nitrogens is 1. The van der Waals surface area contributed by atoms with Gasteiger partial charge in [0.1, 0.15) is 0 Å². The third-order valence-corrected chi connectivity index (χ3v) is 3.26. The molecule has 20 heavy (non-hydrogen) atoms. The predicted molar refractivity (Wildman–Crippen MR) is 76.0 cm³/mol. The van der Waals surface area contributed by atoms with Gasteiger partial charge in [0.05, 0.1) is 29.0 Å². The lowest BCUT2D eigenvalue weighted by Gasteiger charge is -2.17. The number of amides is 2. The van der Waals surface area contributed by atoms with E-state index in [1.165, 1.54) is 22.3 Å². The standard InChI is InChI=1S/C13H13N3O3S/c1-16(6-9-7-20-8-14-9)13(19)15-11-5-3-2-4-10(11)12(17)18/h2-5,7-8H,6H2,1H3,(H,15,19)(H,17,18). The number of anilines is 1. The number of hydrogen-bond acceptors (Lipinski definition) is 4. The molecule has 0 bridgehead atoms. The summed E-state index contributed by atoms with van der Waals surface area (Å²) < 4.78 is 0. The summed E-state index contributed by atoms with van der Waals surface area (Å²) in [6.07, 6.45) is 0. The second-order valence-corrected chi connectivity index (χ2v) is 4.84. The molecule has 1 aromatic carbocycles. The molecule has 104 valence electrons. The Kier molecular flexibility index (Phi) is 4.31. The van der Waals surface area contributed by atoms with Gasteiger partial charge in [-0.25, -0.2) is 14.6 Å². The Balaban J connectivity index is 2.06. The Morgan fingerprint density at radius 3 is 2.80 bits per heavy atom. The number of hydrogen-bond donors (Lipinski definition) is 2. The van der Waals surface area contributed by atoms with E-state index in [-0.39, 0.29) is 17.3 Å². The van der Waals surface area contributed by atoms with Crippen LogP contribution in [0.5, 0.6) is 0 Å². The van der Waals surface area contributed by atoms with Gasteiger partial charge in [-0.1, -0.05) is 12.1 Å². The second-order valence-electron chi connectivity index (χ2n) is 4.12. The van der Waals surface area contributed by atoms with Crippen molar-refractivity contribution >= 4 is 29.0 Å². The molecule has 0 unspecified atom stereocenters. The normalized spacial score (nSPS) is 10.1. The number of thiazole rings is 1. The number of carbonyl (C=O) groups is 2. The molecule has 2 rings (SSSR count). The Morgan fingerprint density at radius 1 is 1.40 bits per heavy atom. The van der Waals surface area contributed by atoms with Crippen molar-refractivity contribution in [2.75, 3.05) is 12.4 Å². The lowest BCUT2D eigenvalue weighted by Crippen LogP contribution is -2.31. The summed E-state index contributed by atoms with van der Waals surface area (Å²) in [6.45, 7) is 0.366. The Hall–Kier alpha value is -2.41. The number of nitrogens with zero attached hydrogens (tertiary/aromatic N) is 2. The van der Waals surface area contributed by atoms with Crippen LogP contribution in [-0.4, -0.2) is 34.0 Å². The summed E-state index contributed by atoms with van der Waals surface area (Å²) in [6, 6.07) is 5.89. The molecule has 0 fully saturated rings. The van der Waals surface area contributed by atoms with E-state index in [9.17, 15) is 9.59 Å². The molecule has 0 spiro atoms. The van der Waals surface area contributed by atoms with E-state index in [1.807, 2.05) is 5.38 Å². The number of carboxylic acids is 1. The molecule has 1 aromatic heterocycles. The van der Waals surface area contributed by atoms with E-state index >= 15 is 0 Å². The largest absolute Gasteiger partial charge is 0.478 e. The number of urea groups is 1. The summed E-state index contributed by atoms with van der Waals surface area (Å²) in [4.78, 5) is 28.6. The topological polar surface area (TPSA) is 82.5 Å². The van der Waals surface area contributed by atoms with E-state index in [0.717, 1.165) is 5.69 Å². The average Bonchev–Trinajstić information content (AvgIpc) is 2.91. The van der Waals surface area contributed by atoms with Gasteiger partial charge in [-0.15, -0.1) is 11.3 Å². The monoisotopic (exact) mass is 291 g/mol. The van der Waals surface area contributed by atoms with Crippen LogP contribution in [0.3, 0.4) is 0 Å². The molecule has 0 radical (unpaired) electrons. The minimum absolute atomic E-state index is 0.0582. The van der Waals surface area contributed by atoms with Gasteiger partial charge in [-0.05, 0) is 12.1 Å². The molecule has 1 heterocycles. The molecule has 2 amide bonds. The van der Waals surface area contributed by atoms with Crippen LogP contribution in [-0.2, 0) is 6.54 Å². The van der Waals surface area contributed by atoms with Gasteiger partial charge in [0.15, 0.2) is 0 Å². The van der Waals surface area contributed by atoms with Crippen LogP contribution >= 0.6 is 11.3 Å². The van der Waals surface area contributed by atoms with Gasteiger partial charge in [0.25, 0.3) is 0 Å². The molecule has 2 aromatic rings. The van der Waals surface area contributed by atoms with Gasteiger partial charge < -0.3 is 15.3 Å². The average molecular weight is 291 g/mol. The fourth-order valence-electron chi connectivity index (χ4n) is 1.62. The van der Waals surface area contributed by atoms with Gasteiger partial charge in [-0.2, -0.15) is 0 Å². The highest BCUT2D eigenvalue weighted by Crippen LogP contribution is 2.15. The quantitative estimate of drug-likeness (QED) is 0.906. The van der Waals surface area contributed by atoms with Crippen molar-refractivity contribution in [1.82, 2.24) is 9.88 Å². The van der Waals surface area contributed by atoms with Crippen molar-refractivity contribution in [3.05, 3.63) is 46.4 Å². The van der Waals surface area contributed by atoms with E-state index in [2.05, 4.69) is 10.3 Å². The number of nitrogens with one attached hydrogen (secondary N) is 1.